The quantitative estimate of drug-likeness (QED) is 0.688. The van der Waals surface area contributed by atoms with Crippen molar-refractivity contribution in [2.75, 3.05) is 7.11 Å². The van der Waals surface area contributed by atoms with Crippen molar-refractivity contribution in [1.29, 1.82) is 5.39 Å². The molecule has 0 bridgehead atoms. The van der Waals surface area contributed by atoms with Crippen molar-refractivity contribution in [3.63, 3.8) is 0 Å². The van der Waals surface area contributed by atoms with E-state index < -0.39 is 0 Å². The van der Waals surface area contributed by atoms with Crippen molar-refractivity contribution in [2.24, 2.45) is 0 Å². The van der Waals surface area contributed by atoms with Crippen molar-refractivity contribution in [2.45, 2.75) is 0 Å². The predicted molar refractivity (Wildman–Crippen MR) is 44.8 cm³/mol. The first-order valence-corrected chi connectivity index (χ1v) is 3.65. The third-order valence-electron chi connectivity index (χ3n) is 1.78. The number of aromatic nitrogens is 2. The molecule has 1 heterocycles. The van der Waals surface area contributed by atoms with Crippen LogP contribution >= 0.6 is 0 Å². The highest BCUT2D eigenvalue weighted by Gasteiger charge is 2.26. The second kappa shape index (κ2) is 2.85. The minimum absolute atomic E-state index is 0.0953. The topological polar surface area (TPSA) is 96.5 Å². The molecule has 2 aromatic rings. The number of hydrogen-bond donors (Lipinski definition) is 1. The largest absolute Gasteiger partial charge is 0.501 e. The SMILES string of the molecule is COc1cc(O)c([N+]#N)c2nonc12. The fourth-order valence-corrected chi connectivity index (χ4v) is 1.14. The molecule has 0 unspecified atom stereocenters. The Kier molecular flexibility index (Phi) is 1.68. The highest BCUT2D eigenvalue weighted by molar-refractivity contribution is 5.95. The zero-order chi connectivity index (χ0) is 10.1. The molecular formula is C7H5N4O3+. The molecule has 0 spiro atoms. The van der Waals surface area contributed by atoms with E-state index in [9.17, 15) is 5.11 Å². The predicted octanol–water partition coefficient (Wildman–Crippen LogP) is 1.42. The molecule has 0 aliphatic rings. The Balaban J connectivity index is 2.90. The van der Waals surface area contributed by atoms with E-state index in [-0.39, 0.29) is 22.5 Å². The number of phenols is 1. The fourth-order valence-electron chi connectivity index (χ4n) is 1.14. The lowest BCUT2D eigenvalue weighted by Gasteiger charge is -1.97. The molecule has 0 amide bonds. The number of methoxy groups -OCH3 is 1. The van der Waals surface area contributed by atoms with Crippen molar-refractivity contribution in [3.8, 4) is 11.5 Å². The van der Waals surface area contributed by atoms with Crippen molar-refractivity contribution in [1.82, 2.24) is 10.3 Å². The number of fused-ring (bicyclic) bond motifs is 1. The standard InChI is InChI=1S/C7H4N4O3/c1-13-4-2-3(12)5(9-8)7-6(4)10-14-11-7/h2H,1H3/p+1. The van der Waals surface area contributed by atoms with Gasteiger partial charge in [0.2, 0.25) is 16.7 Å². The van der Waals surface area contributed by atoms with E-state index in [1.54, 1.807) is 0 Å². The van der Waals surface area contributed by atoms with E-state index in [4.69, 9.17) is 10.1 Å². The van der Waals surface area contributed by atoms with Gasteiger partial charge < -0.3 is 9.84 Å². The summed E-state index contributed by atoms with van der Waals surface area (Å²) in [7, 11) is 1.42. The molecule has 0 fully saturated rings. The van der Waals surface area contributed by atoms with E-state index in [2.05, 4.69) is 19.9 Å². The van der Waals surface area contributed by atoms with E-state index in [1.165, 1.54) is 13.2 Å². The Labute approximate surface area is 77.5 Å². The summed E-state index contributed by atoms with van der Waals surface area (Å²) in [4.78, 5) is 2.88. The summed E-state index contributed by atoms with van der Waals surface area (Å²) in [6.07, 6.45) is 0. The summed E-state index contributed by atoms with van der Waals surface area (Å²) in [5.74, 6) is 0.0405. The molecule has 7 nitrogen and oxygen atoms in total. The van der Waals surface area contributed by atoms with Crippen LogP contribution in [0.25, 0.3) is 16.0 Å². The first kappa shape index (κ1) is 8.25. The van der Waals surface area contributed by atoms with Crippen LogP contribution in [0.2, 0.25) is 0 Å². The fraction of sp³-hybridized carbons (Fsp3) is 0.143. The molecule has 7 heteroatoms. The van der Waals surface area contributed by atoms with E-state index in [0.717, 1.165) is 0 Å². The molecule has 14 heavy (non-hydrogen) atoms. The van der Waals surface area contributed by atoms with E-state index >= 15 is 0 Å². The smallest absolute Gasteiger partial charge is 0.457 e. The molecule has 2 rings (SSSR count). The molecular weight excluding hydrogens is 188 g/mol. The number of rotatable bonds is 1. The second-order valence-corrected chi connectivity index (χ2v) is 2.51. The third kappa shape index (κ3) is 0.942. The minimum Gasteiger partial charge on any atom is -0.501 e. The van der Waals surface area contributed by atoms with Crippen LogP contribution in [-0.2, 0) is 0 Å². The molecule has 0 saturated heterocycles. The summed E-state index contributed by atoms with van der Waals surface area (Å²) in [5, 5.41) is 25.0. The first-order chi connectivity index (χ1) is 6.77. The molecule has 0 atom stereocenters. The zero-order valence-corrected chi connectivity index (χ0v) is 7.13. The van der Waals surface area contributed by atoms with Gasteiger partial charge >= 0.3 is 5.69 Å². The van der Waals surface area contributed by atoms with Crippen LogP contribution in [-0.4, -0.2) is 22.5 Å². The summed E-state index contributed by atoms with van der Waals surface area (Å²) in [5.41, 5.74) is 0.338. The van der Waals surface area contributed by atoms with Crippen LogP contribution in [0.5, 0.6) is 11.5 Å². The number of phenolic OH excluding ortho intramolecular Hbond substituents is 1. The maximum atomic E-state index is 9.40. The van der Waals surface area contributed by atoms with Gasteiger partial charge in [0.25, 0.3) is 0 Å². The van der Waals surface area contributed by atoms with Gasteiger partial charge in [-0.05, 0) is 10.3 Å². The maximum absolute atomic E-state index is 9.40. The van der Waals surface area contributed by atoms with Gasteiger partial charge in [0.15, 0.2) is 16.2 Å². The molecule has 0 aliphatic heterocycles. The Morgan fingerprint density at radius 2 is 2.21 bits per heavy atom. The van der Waals surface area contributed by atoms with Gasteiger partial charge in [0.05, 0.1) is 7.11 Å². The molecule has 70 valence electrons. The minimum atomic E-state index is -0.257. The molecule has 0 saturated carbocycles. The van der Waals surface area contributed by atoms with Crippen LogP contribution in [0.15, 0.2) is 10.7 Å². The summed E-state index contributed by atoms with van der Waals surface area (Å²) in [6, 6.07) is 1.27. The van der Waals surface area contributed by atoms with Crippen molar-refractivity contribution < 1.29 is 14.5 Å². The number of benzene rings is 1. The van der Waals surface area contributed by atoms with Gasteiger partial charge in [0.1, 0.15) is 0 Å². The van der Waals surface area contributed by atoms with Gasteiger partial charge in [0, 0.05) is 6.07 Å². The summed E-state index contributed by atoms with van der Waals surface area (Å²) >= 11 is 0. The van der Waals surface area contributed by atoms with Gasteiger partial charge in [-0.2, -0.15) is 0 Å². The highest BCUT2D eigenvalue weighted by Crippen LogP contribution is 2.38. The number of nitrogens with zero attached hydrogens (tertiary/aromatic N) is 4. The number of aromatic hydroxyl groups is 1. The second-order valence-electron chi connectivity index (χ2n) is 2.51. The Bertz CT molecular complexity index is 527. The average molecular weight is 193 g/mol. The van der Waals surface area contributed by atoms with Crippen LogP contribution in [0.1, 0.15) is 0 Å². The van der Waals surface area contributed by atoms with Crippen LogP contribution in [0, 0.1) is 5.39 Å². The first-order valence-electron chi connectivity index (χ1n) is 3.65. The van der Waals surface area contributed by atoms with Crippen LogP contribution in [0.3, 0.4) is 0 Å². The lowest BCUT2D eigenvalue weighted by atomic mass is 10.2. The lowest BCUT2D eigenvalue weighted by molar-refractivity contribution is 0.314. The van der Waals surface area contributed by atoms with Gasteiger partial charge in [-0.15, -0.1) is 0 Å². The van der Waals surface area contributed by atoms with Crippen LogP contribution < -0.4 is 4.74 Å². The van der Waals surface area contributed by atoms with Crippen molar-refractivity contribution >= 4 is 16.7 Å². The number of hydrogen-bond acceptors (Lipinski definition) is 6. The van der Waals surface area contributed by atoms with Gasteiger partial charge in [-0.3, -0.25) is 0 Å². The molecule has 1 N–H and O–H groups in total. The summed E-state index contributed by atoms with van der Waals surface area (Å²) < 4.78 is 9.36. The Morgan fingerprint density at radius 3 is 2.86 bits per heavy atom. The average Bonchev–Trinajstić information content (AvgIpc) is 2.65. The number of diazo groups is 1. The van der Waals surface area contributed by atoms with E-state index in [1.807, 2.05) is 0 Å². The monoisotopic (exact) mass is 193 g/mol. The van der Waals surface area contributed by atoms with Gasteiger partial charge in [-0.1, -0.05) is 0 Å². The lowest BCUT2D eigenvalue weighted by Crippen LogP contribution is -1.84. The van der Waals surface area contributed by atoms with E-state index in [0.29, 0.717) is 5.75 Å². The number of ether oxygens (including phenoxy) is 1. The van der Waals surface area contributed by atoms with Gasteiger partial charge in [-0.25, -0.2) is 4.63 Å². The Hall–Kier alpha value is -2.36. The Morgan fingerprint density at radius 1 is 1.50 bits per heavy atom. The van der Waals surface area contributed by atoms with Crippen LogP contribution in [0.4, 0.5) is 5.69 Å². The third-order valence-corrected chi connectivity index (χ3v) is 1.78. The van der Waals surface area contributed by atoms with Crippen molar-refractivity contribution in [3.05, 3.63) is 11.0 Å². The summed E-state index contributed by atoms with van der Waals surface area (Å²) in [6.45, 7) is 0. The normalized spacial score (nSPS) is 10.0. The zero-order valence-electron chi connectivity index (χ0n) is 7.13. The highest BCUT2D eigenvalue weighted by atomic mass is 16.6. The molecule has 1 aromatic heterocycles. The molecule has 1 aromatic carbocycles. The maximum Gasteiger partial charge on any atom is 0.457 e. The molecule has 0 radical (unpaired) electrons. The molecule has 0 aliphatic carbocycles.